The first-order chi connectivity index (χ1) is 12.1. The highest BCUT2D eigenvalue weighted by atomic mass is 35.5. The molecule has 3 heterocycles. The molecule has 0 atom stereocenters. The SMILES string of the molecule is O=C(Cc1nc2cc3c(cc2[nH]c1=O)OCCCO3)c1ccc(Cl)s1. The van der Waals surface area contributed by atoms with Gasteiger partial charge in [-0.15, -0.1) is 11.3 Å². The number of ether oxygens (including phenoxy) is 2. The molecule has 0 radical (unpaired) electrons. The monoisotopic (exact) mass is 376 g/mol. The van der Waals surface area contributed by atoms with Gasteiger partial charge >= 0.3 is 0 Å². The van der Waals surface area contributed by atoms with Gasteiger partial charge in [-0.25, -0.2) is 4.98 Å². The molecule has 0 bridgehead atoms. The second-order valence-electron chi connectivity index (χ2n) is 5.58. The zero-order valence-corrected chi connectivity index (χ0v) is 14.6. The molecule has 1 aliphatic heterocycles. The van der Waals surface area contributed by atoms with Crippen LogP contribution in [0.1, 0.15) is 21.8 Å². The summed E-state index contributed by atoms with van der Waals surface area (Å²) < 4.78 is 11.8. The Morgan fingerprint density at radius 2 is 2.00 bits per heavy atom. The third-order valence-electron chi connectivity index (χ3n) is 3.81. The quantitative estimate of drug-likeness (QED) is 0.710. The number of hydrogen-bond donors (Lipinski definition) is 1. The smallest absolute Gasteiger partial charge is 0.270 e. The highest BCUT2D eigenvalue weighted by Crippen LogP contribution is 2.32. The lowest BCUT2D eigenvalue weighted by Gasteiger charge is -2.09. The number of fused-ring (bicyclic) bond motifs is 2. The molecule has 2 aromatic heterocycles. The Bertz CT molecular complexity index is 1030. The van der Waals surface area contributed by atoms with Crippen molar-refractivity contribution < 1.29 is 14.3 Å². The van der Waals surface area contributed by atoms with Crippen LogP contribution in [-0.2, 0) is 6.42 Å². The van der Waals surface area contributed by atoms with Crippen LogP contribution in [0.3, 0.4) is 0 Å². The molecule has 1 aromatic carbocycles. The molecule has 0 saturated carbocycles. The third-order valence-corrected chi connectivity index (χ3v) is 5.08. The molecule has 0 saturated heterocycles. The number of thiophene rings is 1. The van der Waals surface area contributed by atoms with Crippen LogP contribution in [0.25, 0.3) is 11.0 Å². The average Bonchev–Trinajstić information content (AvgIpc) is 2.89. The number of aromatic amines is 1. The van der Waals surface area contributed by atoms with E-state index in [-0.39, 0.29) is 17.9 Å². The van der Waals surface area contributed by atoms with E-state index in [2.05, 4.69) is 9.97 Å². The van der Waals surface area contributed by atoms with E-state index in [0.717, 1.165) is 6.42 Å². The molecular formula is C17H13ClN2O4S. The van der Waals surface area contributed by atoms with E-state index in [9.17, 15) is 9.59 Å². The molecule has 0 amide bonds. The minimum Gasteiger partial charge on any atom is -0.489 e. The van der Waals surface area contributed by atoms with E-state index in [4.69, 9.17) is 21.1 Å². The Kier molecular flexibility index (Phi) is 4.19. The fourth-order valence-electron chi connectivity index (χ4n) is 2.60. The lowest BCUT2D eigenvalue weighted by molar-refractivity contribution is 0.0995. The molecule has 0 spiro atoms. The normalized spacial score (nSPS) is 13.6. The number of hydrogen-bond acceptors (Lipinski definition) is 6. The predicted molar refractivity (Wildman–Crippen MR) is 95.3 cm³/mol. The van der Waals surface area contributed by atoms with Crippen molar-refractivity contribution in [3.63, 3.8) is 0 Å². The molecule has 3 aromatic rings. The lowest BCUT2D eigenvalue weighted by Crippen LogP contribution is -2.18. The van der Waals surface area contributed by atoms with Gasteiger partial charge in [-0.05, 0) is 12.1 Å². The molecule has 4 rings (SSSR count). The van der Waals surface area contributed by atoms with Gasteiger partial charge < -0.3 is 14.5 Å². The van der Waals surface area contributed by atoms with Crippen molar-refractivity contribution in [2.24, 2.45) is 0 Å². The zero-order valence-electron chi connectivity index (χ0n) is 13.0. The summed E-state index contributed by atoms with van der Waals surface area (Å²) in [6.45, 7) is 1.12. The highest BCUT2D eigenvalue weighted by Gasteiger charge is 2.17. The number of H-pyrrole nitrogens is 1. The molecule has 0 aliphatic carbocycles. The van der Waals surface area contributed by atoms with Crippen LogP contribution in [0.15, 0.2) is 29.1 Å². The maximum Gasteiger partial charge on any atom is 0.270 e. The molecular weight excluding hydrogens is 364 g/mol. The molecule has 1 N–H and O–H groups in total. The van der Waals surface area contributed by atoms with E-state index in [1.165, 1.54) is 11.3 Å². The summed E-state index contributed by atoms with van der Waals surface area (Å²) in [7, 11) is 0. The van der Waals surface area contributed by atoms with Crippen LogP contribution in [-0.4, -0.2) is 29.0 Å². The molecule has 25 heavy (non-hydrogen) atoms. The van der Waals surface area contributed by atoms with Gasteiger partial charge in [-0.1, -0.05) is 11.6 Å². The van der Waals surface area contributed by atoms with E-state index < -0.39 is 5.56 Å². The van der Waals surface area contributed by atoms with Crippen molar-refractivity contribution in [2.75, 3.05) is 13.2 Å². The molecule has 8 heteroatoms. The Hall–Kier alpha value is -2.38. The number of aromatic nitrogens is 2. The molecule has 1 aliphatic rings. The van der Waals surface area contributed by atoms with Crippen LogP contribution in [0.4, 0.5) is 0 Å². The minimum atomic E-state index is -0.391. The maximum atomic E-state index is 12.3. The Morgan fingerprint density at radius 1 is 1.24 bits per heavy atom. The molecule has 0 fully saturated rings. The van der Waals surface area contributed by atoms with Crippen molar-refractivity contribution >= 4 is 39.8 Å². The number of benzene rings is 1. The first-order valence-electron chi connectivity index (χ1n) is 7.71. The van der Waals surface area contributed by atoms with Crippen molar-refractivity contribution in [3.05, 3.63) is 49.5 Å². The fraction of sp³-hybridized carbons (Fsp3) is 0.235. The largest absolute Gasteiger partial charge is 0.489 e. The van der Waals surface area contributed by atoms with Crippen LogP contribution < -0.4 is 15.0 Å². The molecule has 6 nitrogen and oxygen atoms in total. The number of nitrogens with one attached hydrogen (secondary N) is 1. The predicted octanol–water partition coefficient (Wildman–Crippen LogP) is 3.22. The summed E-state index contributed by atoms with van der Waals surface area (Å²) in [4.78, 5) is 32.2. The topological polar surface area (TPSA) is 81.3 Å². The summed E-state index contributed by atoms with van der Waals surface area (Å²) in [5.41, 5.74) is 0.870. The van der Waals surface area contributed by atoms with Crippen LogP contribution in [0.5, 0.6) is 11.5 Å². The van der Waals surface area contributed by atoms with Crippen LogP contribution in [0, 0.1) is 0 Å². The van der Waals surface area contributed by atoms with Gasteiger partial charge in [0.1, 0.15) is 5.69 Å². The first kappa shape index (κ1) is 16.1. The maximum absolute atomic E-state index is 12.3. The van der Waals surface area contributed by atoms with E-state index in [1.54, 1.807) is 24.3 Å². The molecule has 0 unspecified atom stereocenters. The van der Waals surface area contributed by atoms with Crippen molar-refractivity contribution in [3.8, 4) is 11.5 Å². The zero-order chi connectivity index (χ0) is 17.4. The third kappa shape index (κ3) is 3.25. The Morgan fingerprint density at radius 3 is 2.72 bits per heavy atom. The van der Waals surface area contributed by atoms with E-state index in [1.807, 2.05) is 0 Å². The van der Waals surface area contributed by atoms with Crippen LogP contribution in [0.2, 0.25) is 4.34 Å². The number of carbonyl (C=O) groups is 1. The second kappa shape index (κ2) is 6.50. The minimum absolute atomic E-state index is 0.0867. The van der Waals surface area contributed by atoms with Gasteiger partial charge in [-0.3, -0.25) is 9.59 Å². The molecule has 128 valence electrons. The number of carbonyl (C=O) groups excluding carboxylic acids is 1. The number of ketones is 1. The van der Waals surface area contributed by atoms with Crippen molar-refractivity contribution in [1.82, 2.24) is 9.97 Å². The van der Waals surface area contributed by atoms with Gasteiger partial charge in [0.15, 0.2) is 17.3 Å². The average molecular weight is 377 g/mol. The number of halogens is 1. The Labute approximate surface area is 151 Å². The first-order valence-corrected chi connectivity index (χ1v) is 8.91. The number of nitrogens with zero attached hydrogens (tertiary/aromatic N) is 1. The van der Waals surface area contributed by atoms with E-state index >= 15 is 0 Å². The van der Waals surface area contributed by atoms with E-state index in [0.29, 0.717) is 45.0 Å². The van der Waals surface area contributed by atoms with Gasteiger partial charge in [0, 0.05) is 18.6 Å². The van der Waals surface area contributed by atoms with Gasteiger partial charge in [-0.2, -0.15) is 0 Å². The van der Waals surface area contributed by atoms with Gasteiger partial charge in [0.2, 0.25) is 0 Å². The Balaban J connectivity index is 1.71. The summed E-state index contributed by atoms with van der Waals surface area (Å²) >= 11 is 7.04. The number of rotatable bonds is 3. The van der Waals surface area contributed by atoms with Gasteiger partial charge in [0.05, 0.1) is 39.9 Å². The second-order valence-corrected chi connectivity index (χ2v) is 7.30. The van der Waals surface area contributed by atoms with Crippen molar-refractivity contribution in [1.29, 1.82) is 0 Å². The summed E-state index contributed by atoms with van der Waals surface area (Å²) in [5, 5.41) is 0. The summed E-state index contributed by atoms with van der Waals surface area (Å²) in [6, 6.07) is 6.73. The summed E-state index contributed by atoms with van der Waals surface area (Å²) in [6.07, 6.45) is 0.703. The van der Waals surface area contributed by atoms with Crippen LogP contribution >= 0.6 is 22.9 Å². The fourth-order valence-corrected chi connectivity index (χ4v) is 3.59. The van der Waals surface area contributed by atoms with Gasteiger partial charge in [0.25, 0.3) is 5.56 Å². The number of Topliss-reactive ketones (excluding diaryl/α,β-unsaturated/α-hetero) is 1. The van der Waals surface area contributed by atoms with Crippen molar-refractivity contribution in [2.45, 2.75) is 12.8 Å². The summed E-state index contributed by atoms with van der Waals surface area (Å²) in [5.74, 6) is 0.981. The standard InChI is InChI=1S/C17H13ClN2O4S/c18-16-3-2-15(25-16)12(21)6-11-17(22)20-10-8-14-13(7-9(10)19-11)23-4-1-5-24-14/h2-3,7-8H,1,4-6H2,(H,20,22). The lowest BCUT2D eigenvalue weighted by atomic mass is 10.2. The highest BCUT2D eigenvalue weighted by molar-refractivity contribution is 7.18.